The van der Waals surface area contributed by atoms with Crippen molar-refractivity contribution < 1.29 is 13.9 Å². The number of esters is 1. The molecule has 0 bridgehead atoms. The molecule has 7 nitrogen and oxygen atoms in total. The largest absolute Gasteiger partial charge is 0.459 e. The molecule has 0 atom stereocenters. The highest BCUT2D eigenvalue weighted by Gasteiger charge is 2.38. The van der Waals surface area contributed by atoms with Crippen molar-refractivity contribution in [2.45, 2.75) is 83.8 Å². The number of aryl methyl sites for hydroxylation is 1. The smallest absolute Gasteiger partial charge is 0.303 e. The summed E-state index contributed by atoms with van der Waals surface area (Å²) in [5.41, 5.74) is 4.14. The fourth-order valence-corrected chi connectivity index (χ4v) is 6.30. The Bertz CT molecular complexity index is 1670. The molecule has 1 saturated carbocycles. The van der Waals surface area contributed by atoms with E-state index in [0.717, 1.165) is 28.8 Å². The molecular formula is C33H35FN4O3. The van der Waals surface area contributed by atoms with Gasteiger partial charge < -0.3 is 4.74 Å². The SMILES string of the molecule is CCCc1c(Cc2ccc(-c3ccccc3C#N)cc2)c(=O)n(C2CCC(CC)(OC(C)=O)CC2)c2c(F)cnn12. The summed E-state index contributed by atoms with van der Waals surface area (Å²) in [6, 6.07) is 17.4. The molecule has 0 amide bonds. The lowest BCUT2D eigenvalue weighted by Crippen LogP contribution is -2.41. The van der Waals surface area contributed by atoms with Crippen LogP contribution in [0.2, 0.25) is 0 Å². The highest BCUT2D eigenvalue weighted by molar-refractivity contribution is 5.70. The maximum absolute atomic E-state index is 15.2. The summed E-state index contributed by atoms with van der Waals surface area (Å²) in [6.45, 7) is 5.46. The van der Waals surface area contributed by atoms with Crippen molar-refractivity contribution in [3.8, 4) is 17.2 Å². The van der Waals surface area contributed by atoms with Crippen LogP contribution < -0.4 is 5.56 Å². The van der Waals surface area contributed by atoms with E-state index in [4.69, 9.17) is 4.74 Å². The van der Waals surface area contributed by atoms with Gasteiger partial charge in [0, 0.05) is 24.9 Å². The number of aromatic nitrogens is 3. The summed E-state index contributed by atoms with van der Waals surface area (Å²) in [5, 5.41) is 13.9. The summed E-state index contributed by atoms with van der Waals surface area (Å²) >= 11 is 0. The van der Waals surface area contributed by atoms with Crippen molar-refractivity contribution in [3.63, 3.8) is 0 Å². The van der Waals surface area contributed by atoms with E-state index in [9.17, 15) is 14.9 Å². The van der Waals surface area contributed by atoms with Crippen LogP contribution in [0.15, 0.2) is 59.5 Å². The molecule has 1 aliphatic carbocycles. The number of hydrogen-bond donors (Lipinski definition) is 0. The first-order chi connectivity index (χ1) is 19.8. The van der Waals surface area contributed by atoms with Crippen LogP contribution in [-0.2, 0) is 22.4 Å². The first-order valence-corrected chi connectivity index (χ1v) is 14.4. The van der Waals surface area contributed by atoms with Gasteiger partial charge in [0.1, 0.15) is 5.60 Å². The molecule has 1 fully saturated rings. The second kappa shape index (κ2) is 11.7. The number of benzene rings is 2. The van der Waals surface area contributed by atoms with Gasteiger partial charge in [0.05, 0.1) is 23.5 Å². The minimum absolute atomic E-state index is 0.194. The number of hydrogen-bond acceptors (Lipinski definition) is 5. The molecule has 2 aromatic heterocycles. The summed E-state index contributed by atoms with van der Waals surface area (Å²) < 4.78 is 24.2. The Morgan fingerprint density at radius 2 is 1.85 bits per heavy atom. The van der Waals surface area contributed by atoms with E-state index in [0.29, 0.717) is 56.1 Å². The third-order valence-electron chi connectivity index (χ3n) is 8.43. The van der Waals surface area contributed by atoms with Gasteiger partial charge in [-0.15, -0.1) is 0 Å². The van der Waals surface area contributed by atoms with Crippen molar-refractivity contribution in [2.75, 3.05) is 0 Å². The van der Waals surface area contributed by atoms with Crippen LogP contribution in [0.3, 0.4) is 0 Å². The Morgan fingerprint density at radius 1 is 1.15 bits per heavy atom. The molecule has 0 spiro atoms. The molecule has 0 radical (unpaired) electrons. The van der Waals surface area contributed by atoms with Crippen LogP contribution in [0.5, 0.6) is 0 Å². The molecule has 2 heterocycles. The van der Waals surface area contributed by atoms with E-state index in [1.165, 1.54) is 13.1 Å². The highest BCUT2D eigenvalue weighted by Crippen LogP contribution is 2.40. The van der Waals surface area contributed by atoms with Crippen molar-refractivity contribution in [2.24, 2.45) is 0 Å². The minimum atomic E-state index is -0.544. The Balaban J connectivity index is 1.54. The van der Waals surface area contributed by atoms with Gasteiger partial charge in [-0.1, -0.05) is 62.7 Å². The fourth-order valence-electron chi connectivity index (χ4n) is 6.30. The van der Waals surface area contributed by atoms with Crippen LogP contribution in [0, 0.1) is 17.1 Å². The normalized spacial score (nSPS) is 18.8. The third-order valence-corrected chi connectivity index (χ3v) is 8.43. The average Bonchev–Trinajstić information content (AvgIpc) is 3.36. The summed E-state index contributed by atoms with van der Waals surface area (Å²) in [4.78, 5) is 26.0. The molecule has 0 aliphatic heterocycles. The molecule has 212 valence electrons. The van der Waals surface area contributed by atoms with Crippen molar-refractivity contribution in [1.29, 1.82) is 5.26 Å². The Labute approximate surface area is 239 Å². The van der Waals surface area contributed by atoms with E-state index in [-0.39, 0.29) is 23.2 Å². The van der Waals surface area contributed by atoms with E-state index in [1.54, 1.807) is 15.1 Å². The standard InChI is InChI=1S/C33H35FN4O3/c1-4-8-30-28(19-23-11-13-24(14-12-23)27-10-7-6-9-25(27)20-35)32(40)37(31-29(34)21-36-38(30)31)26-15-17-33(5-2,18-16-26)41-22(3)39/h6-7,9-14,21,26H,4-5,8,15-19H2,1-3H3. The zero-order chi connectivity index (χ0) is 29.1. The zero-order valence-corrected chi connectivity index (χ0v) is 23.8. The molecule has 8 heteroatoms. The van der Waals surface area contributed by atoms with Crippen LogP contribution in [0.1, 0.15) is 87.7 Å². The minimum Gasteiger partial charge on any atom is -0.459 e. The molecule has 2 aromatic carbocycles. The van der Waals surface area contributed by atoms with E-state index in [1.807, 2.05) is 56.3 Å². The Kier molecular flexibility index (Phi) is 8.07. The lowest BCUT2D eigenvalue weighted by Gasteiger charge is -2.39. The van der Waals surface area contributed by atoms with E-state index >= 15 is 4.39 Å². The van der Waals surface area contributed by atoms with Gasteiger partial charge in [-0.3, -0.25) is 14.2 Å². The van der Waals surface area contributed by atoms with Gasteiger partial charge in [-0.25, -0.2) is 8.91 Å². The number of nitrogens with zero attached hydrogens (tertiary/aromatic N) is 4. The van der Waals surface area contributed by atoms with Gasteiger partial charge in [-0.2, -0.15) is 10.4 Å². The maximum Gasteiger partial charge on any atom is 0.303 e. The average molecular weight is 555 g/mol. The molecule has 1 aliphatic rings. The summed E-state index contributed by atoms with van der Waals surface area (Å²) in [6.07, 6.45) is 6.05. The molecule has 0 saturated heterocycles. The van der Waals surface area contributed by atoms with E-state index < -0.39 is 11.4 Å². The summed E-state index contributed by atoms with van der Waals surface area (Å²) in [5.74, 6) is -0.821. The predicted molar refractivity (Wildman–Crippen MR) is 155 cm³/mol. The molecule has 5 rings (SSSR count). The highest BCUT2D eigenvalue weighted by atomic mass is 19.1. The number of carbonyl (C=O) groups is 1. The van der Waals surface area contributed by atoms with Gasteiger partial charge in [0.2, 0.25) is 0 Å². The first-order valence-electron chi connectivity index (χ1n) is 14.4. The maximum atomic E-state index is 15.2. The number of nitriles is 1. The Morgan fingerprint density at radius 3 is 2.49 bits per heavy atom. The fraction of sp³-hybridized carbons (Fsp3) is 0.394. The molecule has 0 unspecified atom stereocenters. The second-order valence-corrected chi connectivity index (χ2v) is 11.0. The van der Waals surface area contributed by atoms with Crippen LogP contribution >= 0.6 is 0 Å². The number of carbonyl (C=O) groups excluding carboxylic acids is 1. The zero-order valence-electron chi connectivity index (χ0n) is 23.8. The number of rotatable bonds is 8. The van der Waals surface area contributed by atoms with Crippen LogP contribution in [0.25, 0.3) is 16.8 Å². The van der Waals surface area contributed by atoms with Crippen molar-refractivity contribution in [3.05, 3.63) is 93.3 Å². The number of ether oxygens (including phenoxy) is 1. The van der Waals surface area contributed by atoms with E-state index in [2.05, 4.69) is 11.2 Å². The van der Waals surface area contributed by atoms with Crippen LogP contribution in [0.4, 0.5) is 4.39 Å². The lowest BCUT2D eigenvalue weighted by molar-refractivity contribution is -0.161. The first kappa shape index (κ1) is 28.3. The monoisotopic (exact) mass is 554 g/mol. The molecular weight excluding hydrogens is 519 g/mol. The summed E-state index contributed by atoms with van der Waals surface area (Å²) in [7, 11) is 0. The third kappa shape index (κ3) is 5.41. The van der Waals surface area contributed by atoms with Crippen molar-refractivity contribution >= 4 is 11.6 Å². The quantitative estimate of drug-likeness (QED) is 0.231. The molecule has 4 aromatic rings. The molecule has 0 N–H and O–H groups in total. The van der Waals surface area contributed by atoms with Crippen LogP contribution in [-0.4, -0.2) is 25.8 Å². The van der Waals surface area contributed by atoms with Gasteiger partial charge in [-0.05, 0) is 61.3 Å². The van der Waals surface area contributed by atoms with Gasteiger partial charge >= 0.3 is 5.97 Å². The van der Waals surface area contributed by atoms with Gasteiger partial charge in [0.15, 0.2) is 11.5 Å². The Hall–Kier alpha value is -4.25. The molecule has 41 heavy (non-hydrogen) atoms. The van der Waals surface area contributed by atoms with Crippen molar-refractivity contribution in [1.82, 2.24) is 14.2 Å². The number of fused-ring (bicyclic) bond motifs is 1. The predicted octanol–water partition coefficient (Wildman–Crippen LogP) is 6.54. The van der Waals surface area contributed by atoms with Gasteiger partial charge in [0.25, 0.3) is 5.56 Å². The topological polar surface area (TPSA) is 89.4 Å². The number of halogens is 1. The second-order valence-electron chi connectivity index (χ2n) is 11.0. The lowest BCUT2D eigenvalue weighted by atomic mass is 9.80.